The van der Waals surface area contributed by atoms with E-state index in [-0.39, 0.29) is 24.0 Å². The third-order valence-electron chi connectivity index (χ3n) is 3.29. The standard InChI is InChI=1S/C18H23N3O3.HI/c1-13-5-4-6-15(11-13)24-10-9-20-18(19)21-14-7-8-16(22-2)17(12-14)23-3;/h4-8,11-12H,9-10H2,1-3H3,(H3,19,20,21);1H. The van der Waals surface area contributed by atoms with Crippen molar-refractivity contribution >= 4 is 35.6 Å². The summed E-state index contributed by atoms with van der Waals surface area (Å²) < 4.78 is 16.1. The summed E-state index contributed by atoms with van der Waals surface area (Å²) in [6, 6.07) is 13.3. The molecule has 0 saturated carbocycles. The highest BCUT2D eigenvalue weighted by Gasteiger charge is 2.05. The van der Waals surface area contributed by atoms with E-state index in [9.17, 15) is 0 Å². The number of anilines is 1. The van der Waals surface area contributed by atoms with E-state index in [1.807, 2.05) is 37.3 Å². The van der Waals surface area contributed by atoms with E-state index in [0.717, 1.165) is 17.0 Å². The maximum Gasteiger partial charge on any atom is 0.193 e. The van der Waals surface area contributed by atoms with E-state index >= 15 is 0 Å². The first kappa shape index (κ1) is 20.9. The molecular formula is C18H24IN3O3. The number of guanidine groups is 1. The van der Waals surface area contributed by atoms with E-state index in [2.05, 4.69) is 10.3 Å². The monoisotopic (exact) mass is 457 g/mol. The predicted molar refractivity (Wildman–Crippen MR) is 112 cm³/mol. The highest BCUT2D eigenvalue weighted by Crippen LogP contribution is 2.29. The number of halogens is 1. The molecule has 2 aromatic rings. The number of nitrogens with two attached hydrogens (primary N) is 1. The number of nitrogens with zero attached hydrogens (tertiary/aromatic N) is 1. The molecule has 25 heavy (non-hydrogen) atoms. The van der Waals surface area contributed by atoms with Gasteiger partial charge in [0.25, 0.3) is 0 Å². The number of rotatable bonds is 7. The quantitative estimate of drug-likeness (QED) is 0.288. The van der Waals surface area contributed by atoms with Crippen LogP contribution in [0, 0.1) is 6.92 Å². The first-order valence-corrected chi connectivity index (χ1v) is 7.61. The average Bonchev–Trinajstić information content (AvgIpc) is 2.58. The second kappa shape index (κ2) is 10.7. The van der Waals surface area contributed by atoms with E-state index in [4.69, 9.17) is 19.9 Å². The molecular weight excluding hydrogens is 433 g/mol. The molecule has 0 atom stereocenters. The van der Waals surface area contributed by atoms with Gasteiger partial charge in [-0.05, 0) is 36.8 Å². The SMILES string of the molecule is COc1ccc(NC(N)=NCCOc2cccc(C)c2)cc1OC.I. The number of hydrogen-bond donors (Lipinski definition) is 2. The first-order chi connectivity index (χ1) is 11.6. The predicted octanol–water partition coefficient (Wildman–Crippen LogP) is 3.44. The van der Waals surface area contributed by atoms with E-state index in [0.29, 0.717) is 30.6 Å². The smallest absolute Gasteiger partial charge is 0.193 e. The Morgan fingerprint density at radius 3 is 2.52 bits per heavy atom. The van der Waals surface area contributed by atoms with Crippen LogP contribution in [0.15, 0.2) is 47.5 Å². The topological polar surface area (TPSA) is 78.1 Å². The molecule has 0 spiro atoms. The van der Waals surface area contributed by atoms with Crippen molar-refractivity contribution in [3.63, 3.8) is 0 Å². The van der Waals surface area contributed by atoms with Gasteiger partial charge in [0.2, 0.25) is 0 Å². The second-order valence-corrected chi connectivity index (χ2v) is 5.13. The van der Waals surface area contributed by atoms with E-state index < -0.39 is 0 Å². The minimum atomic E-state index is 0. The Hall–Kier alpha value is -2.16. The fraction of sp³-hybridized carbons (Fsp3) is 0.278. The summed E-state index contributed by atoms with van der Waals surface area (Å²) in [5.41, 5.74) is 7.81. The van der Waals surface area contributed by atoms with Crippen molar-refractivity contribution in [2.45, 2.75) is 6.92 Å². The molecule has 0 bridgehead atoms. The summed E-state index contributed by atoms with van der Waals surface area (Å²) in [6.45, 7) is 2.94. The van der Waals surface area contributed by atoms with E-state index in [1.54, 1.807) is 26.4 Å². The summed E-state index contributed by atoms with van der Waals surface area (Å²) >= 11 is 0. The third kappa shape index (κ3) is 6.69. The fourth-order valence-corrected chi connectivity index (χ4v) is 2.14. The van der Waals surface area contributed by atoms with Crippen LogP contribution in [0.4, 0.5) is 5.69 Å². The molecule has 3 N–H and O–H groups in total. The average molecular weight is 457 g/mol. The van der Waals surface area contributed by atoms with Crippen LogP contribution >= 0.6 is 24.0 Å². The normalized spacial score (nSPS) is 10.6. The lowest BCUT2D eigenvalue weighted by Gasteiger charge is -2.11. The molecule has 0 aromatic heterocycles. The van der Waals surface area contributed by atoms with Crippen molar-refractivity contribution in [2.75, 3.05) is 32.7 Å². The molecule has 0 heterocycles. The Morgan fingerprint density at radius 2 is 1.84 bits per heavy atom. The van der Waals surface area contributed by atoms with Gasteiger partial charge in [-0.2, -0.15) is 0 Å². The van der Waals surface area contributed by atoms with Gasteiger partial charge in [0.05, 0.1) is 20.8 Å². The van der Waals surface area contributed by atoms with Gasteiger partial charge >= 0.3 is 0 Å². The second-order valence-electron chi connectivity index (χ2n) is 5.13. The molecule has 0 saturated heterocycles. The van der Waals surface area contributed by atoms with Crippen LogP contribution in [0.5, 0.6) is 17.2 Å². The van der Waals surface area contributed by atoms with Gasteiger partial charge in [0.15, 0.2) is 17.5 Å². The highest BCUT2D eigenvalue weighted by molar-refractivity contribution is 14.0. The highest BCUT2D eigenvalue weighted by atomic mass is 127. The van der Waals surface area contributed by atoms with Gasteiger partial charge in [-0.15, -0.1) is 24.0 Å². The Labute approximate surface area is 165 Å². The molecule has 136 valence electrons. The zero-order valence-electron chi connectivity index (χ0n) is 14.6. The molecule has 2 aromatic carbocycles. The molecule has 2 rings (SSSR count). The zero-order valence-corrected chi connectivity index (χ0v) is 16.9. The van der Waals surface area contributed by atoms with E-state index in [1.165, 1.54) is 0 Å². The van der Waals surface area contributed by atoms with Crippen molar-refractivity contribution in [3.8, 4) is 17.2 Å². The van der Waals surface area contributed by atoms with Crippen molar-refractivity contribution in [1.29, 1.82) is 0 Å². The van der Waals surface area contributed by atoms with Crippen LogP contribution in [0.3, 0.4) is 0 Å². The fourth-order valence-electron chi connectivity index (χ4n) is 2.14. The zero-order chi connectivity index (χ0) is 17.4. The van der Waals surface area contributed by atoms with Crippen LogP contribution in [-0.4, -0.2) is 33.3 Å². The van der Waals surface area contributed by atoms with Gasteiger partial charge in [0.1, 0.15) is 12.4 Å². The maximum absolute atomic E-state index is 5.88. The lowest BCUT2D eigenvalue weighted by Crippen LogP contribution is -2.23. The van der Waals surface area contributed by atoms with Crippen molar-refractivity contribution in [2.24, 2.45) is 10.7 Å². The molecule has 0 aliphatic rings. The number of methoxy groups -OCH3 is 2. The number of ether oxygens (including phenoxy) is 3. The van der Waals surface area contributed by atoms with Crippen LogP contribution in [0.25, 0.3) is 0 Å². The maximum atomic E-state index is 5.88. The minimum Gasteiger partial charge on any atom is -0.493 e. The molecule has 0 fully saturated rings. The van der Waals surface area contributed by atoms with Gasteiger partial charge < -0.3 is 25.3 Å². The van der Waals surface area contributed by atoms with Crippen molar-refractivity contribution in [1.82, 2.24) is 0 Å². The molecule has 0 unspecified atom stereocenters. The molecule has 0 aliphatic carbocycles. The largest absolute Gasteiger partial charge is 0.493 e. The molecule has 6 nitrogen and oxygen atoms in total. The summed E-state index contributed by atoms with van der Waals surface area (Å²) in [5, 5.41) is 3.01. The number of nitrogens with one attached hydrogen (secondary N) is 1. The van der Waals surface area contributed by atoms with Crippen LogP contribution < -0.4 is 25.3 Å². The van der Waals surface area contributed by atoms with Gasteiger partial charge in [0, 0.05) is 11.8 Å². The summed E-state index contributed by atoms with van der Waals surface area (Å²) in [6.07, 6.45) is 0. The Morgan fingerprint density at radius 1 is 1.08 bits per heavy atom. The minimum absolute atomic E-state index is 0. The number of hydrogen-bond acceptors (Lipinski definition) is 4. The number of benzene rings is 2. The molecule has 0 aliphatic heterocycles. The molecule has 0 amide bonds. The summed E-state index contributed by atoms with van der Waals surface area (Å²) in [4.78, 5) is 4.24. The van der Waals surface area contributed by atoms with Crippen LogP contribution in [0.2, 0.25) is 0 Å². The summed E-state index contributed by atoms with van der Waals surface area (Å²) in [5.74, 6) is 2.43. The molecule has 7 heteroatoms. The first-order valence-electron chi connectivity index (χ1n) is 7.61. The lowest BCUT2D eigenvalue weighted by atomic mass is 10.2. The van der Waals surface area contributed by atoms with Crippen molar-refractivity contribution < 1.29 is 14.2 Å². The van der Waals surface area contributed by atoms with Gasteiger partial charge in [-0.1, -0.05) is 12.1 Å². The van der Waals surface area contributed by atoms with Crippen LogP contribution in [0.1, 0.15) is 5.56 Å². The van der Waals surface area contributed by atoms with Gasteiger partial charge in [-0.3, -0.25) is 0 Å². The Bertz CT molecular complexity index is 708. The number of aliphatic imine (C=N–C) groups is 1. The van der Waals surface area contributed by atoms with Crippen LogP contribution in [-0.2, 0) is 0 Å². The lowest BCUT2D eigenvalue weighted by molar-refractivity contribution is 0.328. The third-order valence-corrected chi connectivity index (χ3v) is 3.29. The number of aryl methyl sites for hydroxylation is 1. The van der Waals surface area contributed by atoms with Gasteiger partial charge in [-0.25, -0.2) is 4.99 Å². The van der Waals surface area contributed by atoms with Crippen molar-refractivity contribution in [3.05, 3.63) is 48.0 Å². The molecule has 0 radical (unpaired) electrons. The summed E-state index contributed by atoms with van der Waals surface area (Å²) in [7, 11) is 3.18. The Kier molecular flexibility index (Phi) is 8.90. The Balaban J connectivity index is 0.00000312.